The molecule has 122 valence electrons. The topological polar surface area (TPSA) is 53.6 Å². The van der Waals surface area contributed by atoms with Gasteiger partial charge in [0.1, 0.15) is 0 Å². The van der Waals surface area contributed by atoms with Crippen molar-refractivity contribution in [2.75, 3.05) is 26.2 Å². The lowest BCUT2D eigenvalue weighted by Gasteiger charge is -2.13. The van der Waals surface area contributed by atoms with Gasteiger partial charge in [-0.2, -0.15) is 0 Å². The lowest BCUT2D eigenvalue weighted by atomic mass is 10.1. The first-order chi connectivity index (χ1) is 10.8. The highest BCUT2D eigenvalue weighted by Gasteiger charge is 2.09. The molecule has 1 aliphatic heterocycles. The summed E-state index contributed by atoms with van der Waals surface area (Å²) in [7, 11) is 0. The van der Waals surface area contributed by atoms with E-state index in [-0.39, 0.29) is 0 Å². The highest BCUT2D eigenvalue weighted by atomic mass is 15.1. The van der Waals surface area contributed by atoms with Crippen molar-refractivity contribution in [3.05, 3.63) is 35.4 Å². The normalized spacial score (nSPS) is 16.1. The van der Waals surface area contributed by atoms with E-state index in [1.54, 1.807) is 0 Å². The molecular formula is C18H30N4. The number of likely N-dealkylation sites (tertiary alicyclic amines) is 1. The van der Waals surface area contributed by atoms with Gasteiger partial charge in [-0.25, -0.2) is 4.99 Å². The maximum atomic E-state index is 5.92. The number of benzene rings is 1. The molecule has 0 radical (unpaired) electrons. The average molecular weight is 302 g/mol. The number of nitrogens with zero attached hydrogens (tertiary/aromatic N) is 2. The molecule has 0 aromatic heterocycles. The third-order valence-corrected chi connectivity index (χ3v) is 4.34. The van der Waals surface area contributed by atoms with Gasteiger partial charge in [-0.1, -0.05) is 30.7 Å². The van der Waals surface area contributed by atoms with Crippen LogP contribution in [0.25, 0.3) is 0 Å². The second kappa shape index (κ2) is 9.46. The predicted octanol–water partition coefficient (Wildman–Crippen LogP) is 2.67. The Labute approximate surface area is 134 Å². The number of hydrogen-bond donors (Lipinski definition) is 2. The van der Waals surface area contributed by atoms with Gasteiger partial charge in [-0.15, -0.1) is 0 Å². The molecule has 1 aliphatic rings. The maximum absolute atomic E-state index is 5.92. The average Bonchev–Trinajstić information content (AvgIpc) is 3.03. The minimum absolute atomic E-state index is 0.558. The molecule has 3 N–H and O–H groups in total. The number of nitrogens with one attached hydrogen (secondary N) is 1. The Balaban J connectivity index is 1.54. The second-order valence-corrected chi connectivity index (χ2v) is 6.16. The lowest BCUT2D eigenvalue weighted by Crippen LogP contribution is -2.32. The molecule has 1 fully saturated rings. The zero-order chi connectivity index (χ0) is 15.6. The summed E-state index contributed by atoms with van der Waals surface area (Å²) in [6, 6.07) is 8.30. The van der Waals surface area contributed by atoms with E-state index < -0.39 is 0 Å². The van der Waals surface area contributed by atoms with Crippen LogP contribution in [0.2, 0.25) is 0 Å². The van der Waals surface area contributed by atoms with E-state index in [1.165, 1.54) is 56.4 Å². The third-order valence-electron chi connectivity index (χ3n) is 4.34. The molecule has 2 rings (SSSR count). The Morgan fingerprint density at radius 3 is 2.73 bits per heavy atom. The Bertz CT molecular complexity index is 464. The van der Waals surface area contributed by atoms with E-state index >= 15 is 0 Å². The van der Waals surface area contributed by atoms with Crippen LogP contribution in [0.1, 0.15) is 43.2 Å². The van der Waals surface area contributed by atoms with Crippen molar-refractivity contribution < 1.29 is 0 Å². The third kappa shape index (κ3) is 6.06. The van der Waals surface area contributed by atoms with Crippen LogP contribution in [0.15, 0.2) is 29.3 Å². The number of aryl methyl sites for hydroxylation is 1. The van der Waals surface area contributed by atoms with Crippen LogP contribution < -0.4 is 11.1 Å². The van der Waals surface area contributed by atoms with Crippen LogP contribution in [-0.4, -0.2) is 37.0 Å². The van der Waals surface area contributed by atoms with Crippen molar-refractivity contribution in [1.29, 1.82) is 0 Å². The SMILES string of the molecule is Cc1ccccc1CN=C(N)NCCCCCN1CCCC1. The van der Waals surface area contributed by atoms with E-state index in [2.05, 4.69) is 34.3 Å². The zero-order valence-electron chi connectivity index (χ0n) is 13.9. The Morgan fingerprint density at radius 2 is 1.95 bits per heavy atom. The standard InChI is InChI=1S/C18H30N4/c1-16-9-3-4-10-17(16)15-21-18(19)20-11-5-2-6-12-22-13-7-8-14-22/h3-4,9-10H,2,5-8,11-15H2,1H3,(H3,19,20,21). The summed E-state index contributed by atoms with van der Waals surface area (Å²) in [5.74, 6) is 0.558. The molecule has 4 nitrogen and oxygen atoms in total. The van der Waals surface area contributed by atoms with Gasteiger partial charge >= 0.3 is 0 Å². The molecule has 1 heterocycles. The largest absolute Gasteiger partial charge is 0.370 e. The Kier molecular flexibility index (Phi) is 7.23. The second-order valence-electron chi connectivity index (χ2n) is 6.16. The predicted molar refractivity (Wildman–Crippen MR) is 94.0 cm³/mol. The van der Waals surface area contributed by atoms with Crippen LogP contribution in [0.5, 0.6) is 0 Å². The molecule has 1 aromatic carbocycles. The summed E-state index contributed by atoms with van der Waals surface area (Å²) < 4.78 is 0. The van der Waals surface area contributed by atoms with E-state index in [1.807, 2.05) is 12.1 Å². The van der Waals surface area contributed by atoms with Gasteiger partial charge in [-0.05, 0) is 63.4 Å². The van der Waals surface area contributed by atoms with Crippen molar-refractivity contribution in [2.24, 2.45) is 10.7 Å². The first kappa shape index (κ1) is 16.8. The Hall–Kier alpha value is -1.55. The number of rotatable bonds is 8. The number of guanidine groups is 1. The maximum Gasteiger partial charge on any atom is 0.188 e. The molecule has 1 aromatic rings. The summed E-state index contributed by atoms with van der Waals surface area (Å²) in [5, 5.41) is 3.21. The fourth-order valence-electron chi connectivity index (χ4n) is 2.87. The van der Waals surface area contributed by atoms with Crippen LogP contribution in [0.3, 0.4) is 0 Å². The van der Waals surface area contributed by atoms with Gasteiger partial charge in [0.05, 0.1) is 6.54 Å². The summed E-state index contributed by atoms with van der Waals surface area (Å²) in [6.07, 6.45) is 6.48. The van der Waals surface area contributed by atoms with Crippen molar-refractivity contribution >= 4 is 5.96 Å². The Morgan fingerprint density at radius 1 is 1.18 bits per heavy atom. The molecule has 0 unspecified atom stereocenters. The molecule has 0 atom stereocenters. The highest BCUT2D eigenvalue weighted by molar-refractivity contribution is 5.77. The van der Waals surface area contributed by atoms with Crippen LogP contribution in [-0.2, 0) is 6.54 Å². The summed E-state index contributed by atoms with van der Waals surface area (Å²) in [4.78, 5) is 6.99. The minimum atomic E-state index is 0.558. The number of unbranched alkanes of at least 4 members (excludes halogenated alkanes) is 2. The molecule has 4 heteroatoms. The van der Waals surface area contributed by atoms with Gasteiger partial charge in [-0.3, -0.25) is 0 Å². The minimum Gasteiger partial charge on any atom is -0.370 e. The molecular weight excluding hydrogens is 272 g/mol. The molecule has 1 saturated heterocycles. The number of nitrogens with two attached hydrogens (primary N) is 1. The van der Waals surface area contributed by atoms with Crippen molar-refractivity contribution in [1.82, 2.24) is 10.2 Å². The van der Waals surface area contributed by atoms with E-state index in [0.29, 0.717) is 12.5 Å². The molecule has 0 spiro atoms. The highest BCUT2D eigenvalue weighted by Crippen LogP contribution is 2.09. The summed E-state index contributed by atoms with van der Waals surface area (Å²) in [5.41, 5.74) is 8.42. The van der Waals surface area contributed by atoms with E-state index in [9.17, 15) is 0 Å². The van der Waals surface area contributed by atoms with Crippen LogP contribution >= 0.6 is 0 Å². The van der Waals surface area contributed by atoms with Gasteiger partial charge < -0.3 is 16.0 Å². The first-order valence-corrected chi connectivity index (χ1v) is 8.56. The zero-order valence-corrected chi connectivity index (χ0v) is 13.9. The molecule has 0 saturated carbocycles. The summed E-state index contributed by atoms with van der Waals surface area (Å²) in [6.45, 7) is 7.54. The summed E-state index contributed by atoms with van der Waals surface area (Å²) >= 11 is 0. The molecule has 0 aliphatic carbocycles. The van der Waals surface area contributed by atoms with Crippen LogP contribution in [0, 0.1) is 6.92 Å². The number of hydrogen-bond acceptors (Lipinski definition) is 2. The van der Waals surface area contributed by atoms with Gasteiger partial charge in [0.15, 0.2) is 5.96 Å². The van der Waals surface area contributed by atoms with Crippen molar-refractivity contribution in [2.45, 2.75) is 45.6 Å². The van der Waals surface area contributed by atoms with Crippen molar-refractivity contribution in [3.63, 3.8) is 0 Å². The van der Waals surface area contributed by atoms with Crippen molar-refractivity contribution in [3.8, 4) is 0 Å². The fourth-order valence-corrected chi connectivity index (χ4v) is 2.87. The monoisotopic (exact) mass is 302 g/mol. The van der Waals surface area contributed by atoms with Gasteiger partial charge in [0, 0.05) is 6.54 Å². The molecule has 0 bridgehead atoms. The fraction of sp³-hybridized carbons (Fsp3) is 0.611. The lowest BCUT2D eigenvalue weighted by molar-refractivity contribution is 0.328. The smallest absolute Gasteiger partial charge is 0.188 e. The van der Waals surface area contributed by atoms with E-state index in [4.69, 9.17) is 5.73 Å². The molecule has 22 heavy (non-hydrogen) atoms. The quantitative estimate of drug-likeness (QED) is 0.441. The van der Waals surface area contributed by atoms with Gasteiger partial charge in [0.2, 0.25) is 0 Å². The molecule has 0 amide bonds. The number of aliphatic imine (C=N–C) groups is 1. The van der Waals surface area contributed by atoms with Crippen LogP contribution in [0.4, 0.5) is 0 Å². The van der Waals surface area contributed by atoms with Gasteiger partial charge in [0.25, 0.3) is 0 Å². The first-order valence-electron chi connectivity index (χ1n) is 8.56. The van der Waals surface area contributed by atoms with E-state index in [0.717, 1.165) is 13.0 Å².